The molecule has 1 fully saturated rings. The molecule has 0 spiro atoms. The fourth-order valence-electron chi connectivity index (χ4n) is 10.8. The molecule has 0 aromatic heterocycles. The van der Waals surface area contributed by atoms with Crippen molar-refractivity contribution < 1.29 is 49.3 Å². The van der Waals surface area contributed by atoms with Gasteiger partial charge in [-0.15, -0.1) is 0 Å². The summed E-state index contributed by atoms with van der Waals surface area (Å²) in [6.07, 6.45) is 61.5. The van der Waals surface area contributed by atoms with E-state index in [2.05, 4.69) is 62.5 Å². The Bertz CT molecular complexity index is 1500. The molecule has 0 aromatic carbocycles. The molecule has 11 heteroatoms. The molecule has 8 atom stereocenters. The Labute approximate surface area is 497 Å². The summed E-state index contributed by atoms with van der Waals surface area (Å²) in [5.74, 6) is -1.19. The summed E-state index contributed by atoms with van der Waals surface area (Å²) in [6.45, 7) is 5.79. The van der Waals surface area contributed by atoms with E-state index in [9.17, 15) is 35.1 Å². The van der Waals surface area contributed by atoms with Crippen LogP contribution in [0.25, 0.3) is 0 Å². The van der Waals surface area contributed by atoms with E-state index in [4.69, 9.17) is 14.2 Å². The van der Waals surface area contributed by atoms with Crippen molar-refractivity contribution >= 4 is 11.9 Å². The van der Waals surface area contributed by atoms with Crippen LogP contribution in [0, 0.1) is 0 Å². The molecule has 1 aliphatic rings. The minimum atomic E-state index is -1.61. The second kappa shape index (κ2) is 58.0. The van der Waals surface area contributed by atoms with Gasteiger partial charge in [0.1, 0.15) is 24.4 Å². The molecule has 1 amide bonds. The number of amides is 1. The number of nitrogens with one attached hydrogen (secondary N) is 1. The topological polar surface area (TPSA) is 175 Å². The van der Waals surface area contributed by atoms with Crippen LogP contribution in [-0.4, -0.2) is 99.6 Å². The SMILES string of the molecule is CCCCC/C=C\C/C=C\C/C=C\CCCCCCCCCC(O)C(=O)NC(COC1OC(CO)C(O)C(O)C1OC(=O)CCCCCCCCCCCCCCCCCCCCCCC)C(O)/C=C/CCCCCCCCCCC. The van der Waals surface area contributed by atoms with Gasteiger partial charge in [-0.05, 0) is 64.2 Å². The van der Waals surface area contributed by atoms with E-state index in [1.807, 2.05) is 6.08 Å². The fraction of sp³-hybridized carbons (Fsp3) is 0.857. The zero-order chi connectivity index (χ0) is 58.9. The summed E-state index contributed by atoms with van der Waals surface area (Å²) in [5, 5.41) is 57.1. The third-order valence-electron chi connectivity index (χ3n) is 16.2. The maximum atomic E-state index is 13.5. The summed E-state index contributed by atoms with van der Waals surface area (Å²) < 4.78 is 17.7. The van der Waals surface area contributed by atoms with E-state index in [0.29, 0.717) is 12.8 Å². The highest BCUT2D eigenvalue weighted by Crippen LogP contribution is 2.26. The van der Waals surface area contributed by atoms with Gasteiger partial charge in [0, 0.05) is 6.42 Å². The Hall–Kier alpha value is -2.38. The smallest absolute Gasteiger partial charge is 0.306 e. The second-order valence-electron chi connectivity index (χ2n) is 23.9. The van der Waals surface area contributed by atoms with Crippen LogP contribution in [0.4, 0.5) is 0 Å². The maximum Gasteiger partial charge on any atom is 0.306 e. The highest BCUT2D eigenvalue weighted by atomic mass is 16.7. The van der Waals surface area contributed by atoms with Gasteiger partial charge in [0.15, 0.2) is 12.4 Å². The monoisotopic (exact) mass is 1140 g/mol. The van der Waals surface area contributed by atoms with Crippen molar-refractivity contribution in [3.8, 4) is 0 Å². The Balaban J connectivity index is 2.59. The van der Waals surface area contributed by atoms with Crippen LogP contribution in [-0.2, 0) is 23.8 Å². The van der Waals surface area contributed by atoms with Crippen LogP contribution < -0.4 is 5.32 Å². The number of carbonyl (C=O) groups excluding carboxylic acids is 2. The summed E-state index contributed by atoms with van der Waals surface area (Å²) >= 11 is 0. The minimum absolute atomic E-state index is 0.127. The molecule has 8 unspecified atom stereocenters. The minimum Gasteiger partial charge on any atom is -0.454 e. The number of hydrogen-bond acceptors (Lipinski definition) is 10. The van der Waals surface area contributed by atoms with Gasteiger partial charge >= 0.3 is 5.97 Å². The van der Waals surface area contributed by atoms with Gasteiger partial charge in [-0.1, -0.05) is 301 Å². The van der Waals surface area contributed by atoms with Crippen molar-refractivity contribution in [3.63, 3.8) is 0 Å². The van der Waals surface area contributed by atoms with E-state index in [-0.39, 0.29) is 19.4 Å². The largest absolute Gasteiger partial charge is 0.454 e. The first-order valence-electron chi connectivity index (χ1n) is 34.4. The number of unbranched alkanes of at least 4 members (excludes halogenated alkanes) is 39. The van der Waals surface area contributed by atoms with Gasteiger partial charge in [0.2, 0.25) is 5.91 Å². The molecular weight excluding hydrogens is 1010 g/mol. The van der Waals surface area contributed by atoms with Crippen molar-refractivity contribution in [3.05, 3.63) is 48.6 Å². The molecule has 0 bridgehead atoms. The molecular formula is C70H129NO10. The van der Waals surface area contributed by atoms with Gasteiger partial charge in [-0.2, -0.15) is 0 Å². The highest BCUT2D eigenvalue weighted by Gasteiger charge is 2.47. The normalized spacial score (nSPS) is 18.9. The van der Waals surface area contributed by atoms with Gasteiger partial charge in [0.05, 0.1) is 25.4 Å². The van der Waals surface area contributed by atoms with Crippen LogP contribution in [0.15, 0.2) is 48.6 Å². The number of ether oxygens (including phenoxy) is 3. The zero-order valence-electron chi connectivity index (χ0n) is 52.7. The quantitative estimate of drug-likeness (QED) is 0.0195. The predicted molar refractivity (Wildman–Crippen MR) is 338 cm³/mol. The second-order valence-corrected chi connectivity index (χ2v) is 23.9. The van der Waals surface area contributed by atoms with Crippen LogP contribution in [0.1, 0.15) is 323 Å². The fourth-order valence-corrected chi connectivity index (χ4v) is 10.8. The molecule has 1 heterocycles. The van der Waals surface area contributed by atoms with Crippen LogP contribution >= 0.6 is 0 Å². The van der Waals surface area contributed by atoms with Crippen molar-refractivity contribution in [2.24, 2.45) is 0 Å². The zero-order valence-corrected chi connectivity index (χ0v) is 52.7. The lowest BCUT2D eigenvalue weighted by atomic mass is 9.99. The third-order valence-corrected chi connectivity index (χ3v) is 16.2. The first-order valence-corrected chi connectivity index (χ1v) is 34.4. The number of rotatable bonds is 59. The van der Waals surface area contributed by atoms with Crippen molar-refractivity contribution in [1.82, 2.24) is 5.32 Å². The molecule has 1 aliphatic heterocycles. The lowest BCUT2D eigenvalue weighted by Crippen LogP contribution is -2.61. The van der Waals surface area contributed by atoms with Crippen molar-refractivity contribution in [1.29, 1.82) is 0 Å². The lowest BCUT2D eigenvalue weighted by Gasteiger charge is -2.41. The number of esters is 1. The summed E-state index contributed by atoms with van der Waals surface area (Å²) in [4.78, 5) is 26.6. The molecule has 1 rings (SSSR count). The molecule has 0 aromatic rings. The number of aliphatic hydroxyl groups excluding tert-OH is 5. The summed E-state index contributed by atoms with van der Waals surface area (Å²) in [5.41, 5.74) is 0. The van der Waals surface area contributed by atoms with Crippen molar-refractivity contribution in [2.75, 3.05) is 13.2 Å². The molecule has 11 nitrogen and oxygen atoms in total. The first kappa shape index (κ1) is 76.6. The molecule has 0 aliphatic carbocycles. The number of hydrogen-bond donors (Lipinski definition) is 6. The average molecular weight is 1140 g/mol. The number of carbonyl (C=O) groups is 2. The Morgan fingerprint density at radius 1 is 0.481 bits per heavy atom. The van der Waals surface area contributed by atoms with Crippen LogP contribution in [0.5, 0.6) is 0 Å². The molecule has 81 heavy (non-hydrogen) atoms. The summed E-state index contributed by atoms with van der Waals surface area (Å²) in [7, 11) is 0. The van der Waals surface area contributed by atoms with E-state index in [1.165, 1.54) is 193 Å². The van der Waals surface area contributed by atoms with Gasteiger partial charge in [-0.25, -0.2) is 0 Å². The lowest BCUT2D eigenvalue weighted by molar-refractivity contribution is -0.305. The van der Waals surface area contributed by atoms with Crippen LogP contribution in [0.3, 0.4) is 0 Å². The molecule has 6 N–H and O–H groups in total. The van der Waals surface area contributed by atoms with E-state index < -0.39 is 67.4 Å². The number of aliphatic hydroxyl groups is 5. The molecule has 1 saturated heterocycles. The third kappa shape index (κ3) is 45.6. The standard InChI is InChI=1S/C70H129NO10/c1-4-7-10-13-16-19-22-24-26-28-30-32-34-36-38-40-43-46-49-52-55-58-65(75)81-68-67(77)66(76)64(59-72)80-70(68)79-60-61(62(73)56-53-50-47-44-41-21-18-15-12-9-6-3)71-69(78)63(74)57-54-51-48-45-42-39-37-35-33-31-29-27-25-23-20-17-14-11-8-5-2/h17,20,25,27,31,33,53,56,61-64,66-68,70,72-74,76-77H,4-16,18-19,21-24,26,28-30,32,34-52,54-55,57-60H2,1-3H3,(H,71,78)/b20-17-,27-25-,33-31-,56-53+. The first-order chi connectivity index (χ1) is 39.7. The molecule has 0 saturated carbocycles. The van der Waals surface area contributed by atoms with Gasteiger partial charge < -0.3 is 45.1 Å². The highest BCUT2D eigenvalue weighted by molar-refractivity contribution is 5.80. The van der Waals surface area contributed by atoms with Gasteiger partial charge in [0.25, 0.3) is 0 Å². The average Bonchev–Trinajstić information content (AvgIpc) is 3.51. The Morgan fingerprint density at radius 3 is 1.30 bits per heavy atom. The van der Waals surface area contributed by atoms with Gasteiger partial charge in [-0.3, -0.25) is 9.59 Å². The van der Waals surface area contributed by atoms with Crippen LogP contribution in [0.2, 0.25) is 0 Å². The van der Waals surface area contributed by atoms with E-state index >= 15 is 0 Å². The predicted octanol–water partition coefficient (Wildman–Crippen LogP) is 17.2. The van der Waals surface area contributed by atoms with E-state index in [1.54, 1.807) is 6.08 Å². The Morgan fingerprint density at radius 2 is 0.852 bits per heavy atom. The van der Waals surface area contributed by atoms with E-state index in [0.717, 1.165) is 83.5 Å². The summed E-state index contributed by atoms with van der Waals surface area (Å²) in [6, 6.07) is -1.03. The number of allylic oxidation sites excluding steroid dienone is 7. The molecule has 474 valence electrons. The van der Waals surface area contributed by atoms with Crippen molar-refractivity contribution in [2.45, 2.75) is 372 Å². The molecule has 0 radical (unpaired) electrons. The Kier molecular flexibility index (Phi) is 54.9. The maximum absolute atomic E-state index is 13.5.